The minimum Gasteiger partial charge on any atom is -0.366 e. The molecule has 1 saturated heterocycles. The van der Waals surface area contributed by atoms with Gasteiger partial charge in [0, 0.05) is 43.0 Å². The largest absolute Gasteiger partial charge is 0.366 e. The van der Waals surface area contributed by atoms with Crippen LogP contribution in [0.25, 0.3) is 0 Å². The Kier molecular flexibility index (Phi) is 5.35. The van der Waals surface area contributed by atoms with Crippen molar-refractivity contribution in [2.75, 3.05) is 30.4 Å². The lowest BCUT2D eigenvalue weighted by atomic mass is 10.1. The molecule has 3 rings (SSSR count). The van der Waals surface area contributed by atoms with Gasteiger partial charge in [0.05, 0.1) is 4.92 Å². The van der Waals surface area contributed by atoms with Gasteiger partial charge in [-0.15, -0.1) is 0 Å². The summed E-state index contributed by atoms with van der Waals surface area (Å²) >= 11 is 0. The Bertz CT molecular complexity index is 874. The van der Waals surface area contributed by atoms with Gasteiger partial charge in [-0.3, -0.25) is 19.7 Å². The van der Waals surface area contributed by atoms with E-state index in [1.165, 1.54) is 13.1 Å². The van der Waals surface area contributed by atoms with Gasteiger partial charge in [-0.1, -0.05) is 0 Å². The molecule has 0 saturated carbocycles. The van der Waals surface area contributed by atoms with Gasteiger partial charge in [0.25, 0.3) is 17.5 Å². The van der Waals surface area contributed by atoms with Crippen LogP contribution in [0.5, 0.6) is 0 Å². The maximum Gasteiger partial charge on any atom is 0.293 e. The standard InChI is InChI=1S/C19H20N4O4/c1-20-18(24)13-4-7-15(8-5-13)21-19(25)14-6-9-16(17(12-14)23(26)27)22-10-2-3-11-22/h4-9,12H,2-3,10-11H2,1H3,(H,20,24)(H,21,25). The Labute approximate surface area is 156 Å². The number of carbonyl (C=O) groups excluding carboxylic acids is 2. The van der Waals surface area contributed by atoms with Gasteiger partial charge in [-0.25, -0.2) is 0 Å². The number of nitro groups is 1. The minimum atomic E-state index is -0.456. The van der Waals surface area contributed by atoms with Gasteiger partial charge in [0.15, 0.2) is 0 Å². The number of rotatable bonds is 5. The number of nitro benzene ring substituents is 1. The number of hydrogen-bond acceptors (Lipinski definition) is 5. The molecule has 0 atom stereocenters. The molecule has 1 fully saturated rings. The molecular formula is C19H20N4O4. The zero-order chi connectivity index (χ0) is 19.4. The van der Waals surface area contributed by atoms with E-state index in [1.54, 1.807) is 36.4 Å². The van der Waals surface area contributed by atoms with Crippen LogP contribution in [0.3, 0.4) is 0 Å². The van der Waals surface area contributed by atoms with Crippen LogP contribution < -0.4 is 15.5 Å². The van der Waals surface area contributed by atoms with Crippen LogP contribution in [0.15, 0.2) is 42.5 Å². The summed E-state index contributed by atoms with van der Waals surface area (Å²) in [5, 5.41) is 16.7. The second kappa shape index (κ2) is 7.86. The van der Waals surface area contributed by atoms with Crippen LogP contribution in [-0.4, -0.2) is 36.9 Å². The Morgan fingerprint density at radius 2 is 1.63 bits per heavy atom. The molecular weight excluding hydrogens is 348 g/mol. The fraction of sp³-hybridized carbons (Fsp3) is 0.263. The van der Waals surface area contributed by atoms with Crippen molar-refractivity contribution in [1.82, 2.24) is 5.32 Å². The van der Waals surface area contributed by atoms with Crippen LogP contribution in [0.4, 0.5) is 17.1 Å². The first kappa shape index (κ1) is 18.4. The molecule has 2 N–H and O–H groups in total. The van der Waals surface area contributed by atoms with Gasteiger partial charge < -0.3 is 15.5 Å². The molecule has 0 aromatic heterocycles. The van der Waals surface area contributed by atoms with Crippen LogP contribution >= 0.6 is 0 Å². The van der Waals surface area contributed by atoms with Crippen molar-refractivity contribution in [3.63, 3.8) is 0 Å². The molecule has 27 heavy (non-hydrogen) atoms. The van der Waals surface area contributed by atoms with Crippen molar-refractivity contribution >= 4 is 28.9 Å². The van der Waals surface area contributed by atoms with Gasteiger partial charge in [0.1, 0.15) is 5.69 Å². The molecule has 2 aromatic carbocycles. The first-order chi connectivity index (χ1) is 13.0. The first-order valence-corrected chi connectivity index (χ1v) is 8.66. The van der Waals surface area contributed by atoms with Crippen LogP contribution in [0.1, 0.15) is 33.6 Å². The molecule has 2 amide bonds. The Morgan fingerprint density at radius 1 is 1.00 bits per heavy atom. The smallest absolute Gasteiger partial charge is 0.293 e. The third-order valence-corrected chi connectivity index (χ3v) is 4.51. The highest BCUT2D eigenvalue weighted by Crippen LogP contribution is 2.31. The van der Waals surface area contributed by atoms with Gasteiger partial charge >= 0.3 is 0 Å². The monoisotopic (exact) mass is 368 g/mol. The van der Waals surface area contributed by atoms with E-state index in [1.807, 2.05) is 4.90 Å². The van der Waals surface area contributed by atoms with E-state index in [2.05, 4.69) is 10.6 Å². The molecule has 8 nitrogen and oxygen atoms in total. The van der Waals surface area contributed by atoms with Crippen LogP contribution in [-0.2, 0) is 0 Å². The van der Waals surface area contributed by atoms with Crippen molar-refractivity contribution in [3.05, 3.63) is 63.7 Å². The third-order valence-electron chi connectivity index (χ3n) is 4.51. The number of carbonyl (C=O) groups is 2. The first-order valence-electron chi connectivity index (χ1n) is 8.66. The zero-order valence-corrected chi connectivity index (χ0v) is 14.9. The second-order valence-corrected chi connectivity index (χ2v) is 6.27. The Hall–Kier alpha value is -3.42. The highest BCUT2D eigenvalue weighted by Gasteiger charge is 2.23. The summed E-state index contributed by atoms with van der Waals surface area (Å²) in [6, 6.07) is 10.9. The molecule has 1 heterocycles. The van der Waals surface area contributed by atoms with E-state index in [4.69, 9.17) is 0 Å². The minimum absolute atomic E-state index is 0.0699. The molecule has 2 aromatic rings. The average Bonchev–Trinajstić information content (AvgIpc) is 3.22. The van der Waals surface area contributed by atoms with Gasteiger partial charge in [0.2, 0.25) is 0 Å². The highest BCUT2D eigenvalue weighted by atomic mass is 16.6. The Morgan fingerprint density at radius 3 is 2.22 bits per heavy atom. The second-order valence-electron chi connectivity index (χ2n) is 6.27. The molecule has 0 radical (unpaired) electrons. The van der Waals surface area contributed by atoms with E-state index in [9.17, 15) is 19.7 Å². The van der Waals surface area contributed by atoms with E-state index in [0.29, 0.717) is 16.9 Å². The van der Waals surface area contributed by atoms with Crippen LogP contribution in [0.2, 0.25) is 0 Å². The molecule has 0 spiro atoms. The summed E-state index contributed by atoms with van der Waals surface area (Å²) in [7, 11) is 1.54. The number of hydrogen-bond donors (Lipinski definition) is 2. The molecule has 0 aliphatic carbocycles. The molecule has 140 valence electrons. The van der Waals surface area contributed by atoms with E-state index < -0.39 is 10.8 Å². The summed E-state index contributed by atoms with van der Waals surface area (Å²) in [6.45, 7) is 1.56. The van der Waals surface area contributed by atoms with Crippen LogP contribution in [0, 0.1) is 10.1 Å². The van der Waals surface area contributed by atoms with Crippen molar-refractivity contribution < 1.29 is 14.5 Å². The lowest BCUT2D eigenvalue weighted by molar-refractivity contribution is -0.384. The molecule has 1 aliphatic heterocycles. The quantitative estimate of drug-likeness (QED) is 0.624. The van der Waals surface area contributed by atoms with Crippen molar-refractivity contribution in [2.24, 2.45) is 0 Å². The van der Waals surface area contributed by atoms with Gasteiger partial charge in [-0.05, 0) is 49.2 Å². The average molecular weight is 368 g/mol. The highest BCUT2D eigenvalue weighted by molar-refractivity contribution is 6.05. The number of anilines is 2. The number of nitrogens with one attached hydrogen (secondary N) is 2. The van der Waals surface area contributed by atoms with Crippen molar-refractivity contribution in [1.29, 1.82) is 0 Å². The number of amides is 2. The van der Waals surface area contributed by atoms with E-state index in [-0.39, 0.29) is 17.2 Å². The summed E-state index contributed by atoms with van der Waals surface area (Å²) in [5.74, 6) is -0.667. The molecule has 8 heteroatoms. The van der Waals surface area contributed by atoms with E-state index in [0.717, 1.165) is 25.9 Å². The normalized spacial score (nSPS) is 13.3. The number of nitrogens with zero attached hydrogens (tertiary/aromatic N) is 2. The summed E-state index contributed by atoms with van der Waals surface area (Å²) in [5.41, 5.74) is 1.66. The molecule has 1 aliphatic rings. The lowest BCUT2D eigenvalue weighted by Crippen LogP contribution is -2.20. The van der Waals surface area contributed by atoms with E-state index >= 15 is 0 Å². The maximum absolute atomic E-state index is 12.5. The maximum atomic E-state index is 12.5. The summed E-state index contributed by atoms with van der Waals surface area (Å²) < 4.78 is 0. The molecule has 0 unspecified atom stereocenters. The Balaban J connectivity index is 1.79. The third kappa shape index (κ3) is 4.05. The predicted molar refractivity (Wildman–Crippen MR) is 102 cm³/mol. The van der Waals surface area contributed by atoms with Crippen molar-refractivity contribution in [3.8, 4) is 0 Å². The fourth-order valence-electron chi connectivity index (χ4n) is 3.09. The van der Waals surface area contributed by atoms with Crippen molar-refractivity contribution in [2.45, 2.75) is 12.8 Å². The zero-order valence-electron chi connectivity index (χ0n) is 14.9. The lowest BCUT2D eigenvalue weighted by Gasteiger charge is -2.17. The fourth-order valence-corrected chi connectivity index (χ4v) is 3.09. The summed E-state index contributed by atoms with van der Waals surface area (Å²) in [4.78, 5) is 37.0. The topological polar surface area (TPSA) is 105 Å². The predicted octanol–water partition coefficient (Wildman–Crippen LogP) is 2.81. The molecule has 0 bridgehead atoms. The van der Waals surface area contributed by atoms with Gasteiger partial charge in [-0.2, -0.15) is 0 Å². The number of benzene rings is 2. The summed E-state index contributed by atoms with van der Waals surface area (Å²) in [6.07, 6.45) is 2.01. The SMILES string of the molecule is CNC(=O)c1ccc(NC(=O)c2ccc(N3CCCC3)c([N+](=O)[O-])c2)cc1.